The van der Waals surface area contributed by atoms with Crippen molar-refractivity contribution >= 4 is 17.5 Å². The van der Waals surface area contributed by atoms with Crippen LogP contribution in [0.2, 0.25) is 5.02 Å². The highest BCUT2D eigenvalue weighted by molar-refractivity contribution is 6.30. The van der Waals surface area contributed by atoms with Crippen LogP contribution >= 0.6 is 11.6 Å². The topological polar surface area (TPSA) is 32.8 Å². The number of hydrogen-bond donors (Lipinski definition) is 0. The van der Waals surface area contributed by atoms with Gasteiger partial charge in [0.15, 0.2) is 0 Å². The van der Waals surface area contributed by atoms with Crippen LogP contribution in [-0.4, -0.2) is 62.1 Å². The summed E-state index contributed by atoms with van der Waals surface area (Å²) < 4.78 is 5.15. The van der Waals surface area contributed by atoms with Gasteiger partial charge in [-0.15, -0.1) is 0 Å². The minimum atomic E-state index is 0.0175. The zero-order valence-corrected chi connectivity index (χ0v) is 16.6. The smallest absolute Gasteiger partial charge is 0.223 e. The molecule has 1 fully saturated rings. The van der Waals surface area contributed by atoms with Crippen molar-refractivity contribution in [3.8, 4) is 0 Å². The number of rotatable bonds is 7. The maximum absolute atomic E-state index is 13.0. The van der Waals surface area contributed by atoms with E-state index in [-0.39, 0.29) is 11.8 Å². The molecule has 0 spiro atoms. The van der Waals surface area contributed by atoms with Crippen LogP contribution in [0.5, 0.6) is 0 Å². The summed E-state index contributed by atoms with van der Waals surface area (Å²) >= 11 is 6.21. The van der Waals surface area contributed by atoms with E-state index in [4.69, 9.17) is 16.3 Å². The molecule has 1 atom stereocenters. The van der Waals surface area contributed by atoms with Crippen LogP contribution < -0.4 is 0 Å². The molecule has 27 heavy (non-hydrogen) atoms. The van der Waals surface area contributed by atoms with Gasteiger partial charge in [-0.3, -0.25) is 9.69 Å². The lowest BCUT2D eigenvalue weighted by Crippen LogP contribution is -2.49. The van der Waals surface area contributed by atoms with Gasteiger partial charge >= 0.3 is 0 Å². The second-order valence-electron chi connectivity index (χ2n) is 6.94. The van der Waals surface area contributed by atoms with Gasteiger partial charge in [0, 0.05) is 57.2 Å². The quantitative estimate of drug-likeness (QED) is 0.728. The van der Waals surface area contributed by atoms with E-state index >= 15 is 0 Å². The largest absolute Gasteiger partial charge is 0.383 e. The molecule has 4 nitrogen and oxygen atoms in total. The second kappa shape index (κ2) is 9.88. The van der Waals surface area contributed by atoms with Gasteiger partial charge in [0.05, 0.1) is 6.61 Å². The predicted octanol–water partition coefficient (Wildman–Crippen LogP) is 3.65. The molecule has 0 aromatic heterocycles. The van der Waals surface area contributed by atoms with Crippen molar-refractivity contribution in [3.63, 3.8) is 0 Å². The summed E-state index contributed by atoms with van der Waals surface area (Å²) in [4.78, 5) is 17.3. The maximum Gasteiger partial charge on any atom is 0.223 e. The minimum absolute atomic E-state index is 0.0175. The van der Waals surface area contributed by atoms with E-state index in [0.717, 1.165) is 50.5 Å². The fourth-order valence-electron chi connectivity index (χ4n) is 3.58. The van der Waals surface area contributed by atoms with Crippen LogP contribution in [0, 0.1) is 0 Å². The van der Waals surface area contributed by atoms with Crippen LogP contribution in [0.15, 0.2) is 54.6 Å². The summed E-state index contributed by atoms with van der Waals surface area (Å²) in [7, 11) is 1.72. The first-order valence-corrected chi connectivity index (χ1v) is 9.84. The molecule has 2 aromatic carbocycles. The number of piperazine rings is 1. The van der Waals surface area contributed by atoms with Crippen LogP contribution in [0.3, 0.4) is 0 Å². The minimum Gasteiger partial charge on any atom is -0.383 e. The van der Waals surface area contributed by atoms with E-state index in [1.165, 1.54) is 0 Å². The van der Waals surface area contributed by atoms with Gasteiger partial charge in [0.25, 0.3) is 0 Å². The Kier molecular flexibility index (Phi) is 7.27. The first-order valence-electron chi connectivity index (χ1n) is 9.47. The molecule has 1 saturated heterocycles. The van der Waals surface area contributed by atoms with E-state index in [0.29, 0.717) is 11.4 Å². The van der Waals surface area contributed by atoms with Gasteiger partial charge < -0.3 is 9.64 Å². The highest BCUT2D eigenvalue weighted by atomic mass is 35.5. The molecule has 1 aliphatic rings. The average molecular weight is 387 g/mol. The lowest BCUT2D eigenvalue weighted by Gasteiger charge is -2.35. The van der Waals surface area contributed by atoms with Gasteiger partial charge in [-0.25, -0.2) is 0 Å². The molecular weight excluding hydrogens is 360 g/mol. The van der Waals surface area contributed by atoms with Gasteiger partial charge in [-0.1, -0.05) is 54.1 Å². The van der Waals surface area contributed by atoms with E-state index in [1.54, 1.807) is 7.11 Å². The molecule has 1 amide bonds. The average Bonchev–Trinajstić information content (AvgIpc) is 2.71. The summed E-state index contributed by atoms with van der Waals surface area (Å²) in [5, 5.41) is 0.702. The number of ether oxygens (including phenoxy) is 1. The fourth-order valence-corrected chi connectivity index (χ4v) is 3.78. The van der Waals surface area contributed by atoms with Crippen molar-refractivity contribution in [2.45, 2.75) is 12.3 Å². The maximum atomic E-state index is 13.0. The molecule has 5 heteroatoms. The number of hydrogen-bond acceptors (Lipinski definition) is 3. The van der Waals surface area contributed by atoms with Crippen LogP contribution in [-0.2, 0) is 9.53 Å². The highest BCUT2D eigenvalue weighted by Gasteiger charge is 2.25. The van der Waals surface area contributed by atoms with Crippen molar-refractivity contribution in [2.24, 2.45) is 0 Å². The predicted molar refractivity (Wildman–Crippen MR) is 109 cm³/mol. The van der Waals surface area contributed by atoms with Crippen molar-refractivity contribution in [1.29, 1.82) is 0 Å². The third-order valence-corrected chi connectivity index (χ3v) is 5.40. The fraction of sp³-hybridized carbons (Fsp3) is 0.409. The van der Waals surface area contributed by atoms with Crippen LogP contribution in [0.25, 0.3) is 0 Å². The van der Waals surface area contributed by atoms with E-state index < -0.39 is 0 Å². The SMILES string of the molecule is COCCN1CCN(C(=O)C[C@@H](c2ccccc2)c2cccc(Cl)c2)CC1. The highest BCUT2D eigenvalue weighted by Crippen LogP contribution is 2.30. The Morgan fingerprint density at radius 2 is 1.74 bits per heavy atom. The van der Waals surface area contributed by atoms with Gasteiger partial charge in [0.1, 0.15) is 0 Å². The first-order chi connectivity index (χ1) is 13.2. The van der Waals surface area contributed by atoms with Crippen molar-refractivity contribution < 1.29 is 9.53 Å². The number of nitrogens with zero attached hydrogens (tertiary/aromatic N) is 2. The number of amides is 1. The molecule has 0 N–H and O–H groups in total. The molecule has 1 aliphatic heterocycles. The zero-order valence-electron chi connectivity index (χ0n) is 15.8. The summed E-state index contributed by atoms with van der Waals surface area (Å²) in [5.41, 5.74) is 2.23. The third kappa shape index (κ3) is 5.55. The van der Waals surface area contributed by atoms with E-state index in [2.05, 4.69) is 23.1 Å². The molecule has 2 aromatic rings. The number of benzene rings is 2. The first kappa shape index (κ1) is 19.9. The number of halogens is 1. The lowest BCUT2D eigenvalue weighted by atomic mass is 9.88. The van der Waals surface area contributed by atoms with Gasteiger partial charge in [0.2, 0.25) is 5.91 Å². The van der Waals surface area contributed by atoms with Crippen molar-refractivity contribution in [3.05, 3.63) is 70.7 Å². The summed E-state index contributed by atoms with van der Waals surface area (Å²) in [6, 6.07) is 18.1. The standard InChI is InChI=1S/C22H27ClN2O2/c1-27-15-14-24-10-12-25(13-11-24)22(26)17-21(18-6-3-2-4-7-18)19-8-5-9-20(23)16-19/h2-9,16,21H,10-15,17H2,1H3/t21-/m0/s1. The third-order valence-electron chi connectivity index (χ3n) is 5.17. The Bertz CT molecular complexity index is 730. The van der Waals surface area contributed by atoms with Crippen molar-refractivity contribution in [1.82, 2.24) is 9.80 Å². The second-order valence-corrected chi connectivity index (χ2v) is 7.37. The molecular formula is C22H27ClN2O2. The molecule has 1 heterocycles. The number of carbonyl (C=O) groups is 1. The van der Waals surface area contributed by atoms with Crippen molar-refractivity contribution in [2.75, 3.05) is 46.4 Å². The van der Waals surface area contributed by atoms with Gasteiger partial charge in [-0.2, -0.15) is 0 Å². The monoisotopic (exact) mass is 386 g/mol. The number of methoxy groups -OCH3 is 1. The number of carbonyl (C=O) groups excluding carboxylic acids is 1. The zero-order chi connectivity index (χ0) is 19.1. The molecule has 0 radical (unpaired) electrons. The Labute approximate surface area is 166 Å². The molecule has 0 unspecified atom stereocenters. The van der Waals surface area contributed by atoms with E-state index in [9.17, 15) is 4.79 Å². The summed E-state index contributed by atoms with van der Waals surface area (Å²) in [6.45, 7) is 5.02. The Morgan fingerprint density at radius 1 is 1.04 bits per heavy atom. The lowest BCUT2D eigenvalue weighted by molar-refractivity contribution is -0.133. The van der Waals surface area contributed by atoms with Crippen LogP contribution in [0.4, 0.5) is 0 Å². The Hall–Kier alpha value is -1.88. The molecule has 0 aliphatic carbocycles. The molecule has 144 valence electrons. The molecule has 3 rings (SSSR count). The normalized spacial score (nSPS) is 16.3. The van der Waals surface area contributed by atoms with E-state index in [1.807, 2.05) is 41.3 Å². The molecule has 0 bridgehead atoms. The molecule has 0 saturated carbocycles. The Morgan fingerprint density at radius 3 is 2.41 bits per heavy atom. The summed E-state index contributed by atoms with van der Waals surface area (Å²) in [6.07, 6.45) is 0.461. The van der Waals surface area contributed by atoms with Crippen LogP contribution in [0.1, 0.15) is 23.5 Å². The Balaban J connectivity index is 1.69. The summed E-state index contributed by atoms with van der Waals surface area (Å²) in [5.74, 6) is 0.221. The van der Waals surface area contributed by atoms with Gasteiger partial charge in [-0.05, 0) is 23.3 Å².